The monoisotopic (exact) mass is 418 g/mol. The number of hydrogen-bond donors (Lipinski definition) is 1. The summed E-state index contributed by atoms with van der Waals surface area (Å²) in [7, 11) is 1.57. The number of rotatable bonds is 5. The maximum atomic E-state index is 13.4. The number of benzene rings is 3. The molecule has 0 saturated heterocycles. The average molecular weight is 419 g/mol. The fourth-order valence-electron chi connectivity index (χ4n) is 3.36. The van der Waals surface area contributed by atoms with E-state index in [1.54, 1.807) is 67.8 Å². The summed E-state index contributed by atoms with van der Waals surface area (Å²) in [5.74, 6) is -0.147. The number of amides is 2. The lowest BCUT2D eigenvalue weighted by Gasteiger charge is -2.15. The molecule has 5 nitrogen and oxygen atoms in total. The standard InChI is InChI=1S/C24H19ClN2O3/c1-15-19(25)9-6-10-20(15)26-22-21(16-11-13-18(30-2)14-12-16)23(28)27(24(22)29)17-7-4-3-5-8-17/h3-14,26H,1-2H3. The summed E-state index contributed by atoms with van der Waals surface area (Å²) in [4.78, 5) is 27.9. The predicted octanol–water partition coefficient (Wildman–Crippen LogP) is 5.05. The minimum absolute atomic E-state index is 0.208. The summed E-state index contributed by atoms with van der Waals surface area (Å²) in [6.45, 7) is 1.86. The first kappa shape index (κ1) is 19.7. The van der Waals surface area contributed by atoms with Crippen LogP contribution in [0, 0.1) is 6.92 Å². The van der Waals surface area contributed by atoms with Crippen molar-refractivity contribution in [1.82, 2.24) is 0 Å². The zero-order chi connectivity index (χ0) is 21.3. The van der Waals surface area contributed by atoms with Gasteiger partial charge < -0.3 is 10.1 Å². The van der Waals surface area contributed by atoms with E-state index in [0.29, 0.717) is 33.3 Å². The van der Waals surface area contributed by atoms with Gasteiger partial charge in [0.05, 0.1) is 18.4 Å². The van der Waals surface area contributed by atoms with Crippen LogP contribution in [0.15, 0.2) is 78.5 Å². The highest BCUT2D eigenvalue weighted by molar-refractivity contribution is 6.46. The van der Waals surface area contributed by atoms with Crippen LogP contribution in [0.25, 0.3) is 5.57 Å². The Morgan fingerprint density at radius 1 is 0.867 bits per heavy atom. The second-order valence-electron chi connectivity index (χ2n) is 6.80. The lowest BCUT2D eigenvalue weighted by molar-refractivity contribution is -0.120. The van der Waals surface area contributed by atoms with Crippen molar-refractivity contribution in [3.05, 3.63) is 94.6 Å². The fourth-order valence-corrected chi connectivity index (χ4v) is 3.53. The summed E-state index contributed by atoms with van der Waals surface area (Å²) < 4.78 is 5.21. The van der Waals surface area contributed by atoms with Gasteiger partial charge in [-0.1, -0.05) is 48.0 Å². The van der Waals surface area contributed by atoms with Gasteiger partial charge in [-0.05, 0) is 54.4 Å². The fraction of sp³-hybridized carbons (Fsp3) is 0.0833. The van der Waals surface area contributed by atoms with Crippen LogP contribution >= 0.6 is 11.6 Å². The SMILES string of the molecule is COc1ccc(C2=C(Nc3cccc(Cl)c3C)C(=O)N(c3ccccc3)C2=O)cc1. The van der Waals surface area contributed by atoms with Crippen molar-refractivity contribution in [2.45, 2.75) is 6.92 Å². The van der Waals surface area contributed by atoms with Gasteiger partial charge in [-0.15, -0.1) is 0 Å². The van der Waals surface area contributed by atoms with Gasteiger partial charge in [-0.2, -0.15) is 0 Å². The number of carbonyl (C=O) groups is 2. The second-order valence-corrected chi connectivity index (χ2v) is 7.20. The van der Waals surface area contributed by atoms with Crippen LogP contribution in [-0.4, -0.2) is 18.9 Å². The maximum Gasteiger partial charge on any atom is 0.282 e. The van der Waals surface area contributed by atoms with Crippen LogP contribution in [0.1, 0.15) is 11.1 Å². The Bertz CT molecular complexity index is 1150. The Morgan fingerprint density at radius 3 is 2.23 bits per heavy atom. The molecule has 3 aromatic carbocycles. The molecule has 6 heteroatoms. The number of para-hydroxylation sites is 1. The number of nitrogens with zero attached hydrogens (tertiary/aromatic N) is 1. The first-order valence-corrected chi connectivity index (χ1v) is 9.73. The van der Waals surface area contributed by atoms with Crippen LogP contribution < -0.4 is 15.0 Å². The molecule has 1 aliphatic heterocycles. The smallest absolute Gasteiger partial charge is 0.282 e. The van der Waals surface area contributed by atoms with Gasteiger partial charge in [-0.3, -0.25) is 9.59 Å². The first-order valence-electron chi connectivity index (χ1n) is 9.36. The average Bonchev–Trinajstić information content (AvgIpc) is 3.01. The molecule has 0 fully saturated rings. The number of halogens is 1. The Labute approximate surface area is 179 Å². The van der Waals surface area contributed by atoms with E-state index in [1.165, 1.54) is 4.90 Å². The molecule has 0 bridgehead atoms. The highest BCUT2D eigenvalue weighted by Crippen LogP contribution is 2.35. The van der Waals surface area contributed by atoms with Gasteiger partial charge in [0, 0.05) is 10.7 Å². The van der Waals surface area contributed by atoms with E-state index in [9.17, 15) is 9.59 Å². The predicted molar refractivity (Wildman–Crippen MR) is 119 cm³/mol. The van der Waals surface area contributed by atoms with Crippen LogP contribution in [0.3, 0.4) is 0 Å². The molecule has 4 rings (SSSR count). The summed E-state index contributed by atoms with van der Waals surface area (Å²) >= 11 is 6.24. The van der Waals surface area contributed by atoms with Crippen molar-refractivity contribution in [2.24, 2.45) is 0 Å². The molecule has 150 valence electrons. The van der Waals surface area contributed by atoms with E-state index >= 15 is 0 Å². The molecule has 1 heterocycles. The van der Waals surface area contributed by atoms with E-state index in [4.69, 9.17) is 16.3 Å². The summed E-state index contributed by atoms with van der Waals surface area (Å²) in [5.41, 5.74) is 3.09. The Morgan fingerprint density at radius 2 is 1.57 bits per heavy atom. The van der Waals surface area contributed by atoms with E-state index in [-0.39, 0.29) is 5.70 Å². The van der Waals surface area contributed by atoms with E-state index in [2.05, 4.69) is 5.32 Å². The lowest BCUT2D eigenvalue weighted by atomic mass is 10.0. The van der Waals surface area contributed by atoms with Crippen molar-refractivity contribution in [3.8, 4) is 5.75 Å². The maximum absolute atomic E-state index is 13.4. The van der Waals surface area contributed by atoms with Crippen LogP contribution in [0.2, 0.25) is 5.02 Å². The first-order chi connectivity index (χ1) is 14.5. The minimum atomic E-state index is -0.420. The molecule has 0 aromatic heterocycles. The highest BCUT2D eigenvalue weighted by atomic mass is 35.5. The molecule has 1 aliphatic rings. The third kappa shape index (κ3) is 3.44. The Hall–Kier alpha value is -3.57. The van der Waals surface area contributed by atoms with Crippen molar-refractivity contribution >= 4 is 40.4 Å². The van der Waals surface area contributed by atoms with Gasteiger partial charge in [0.25, 0.3) is 11.8 Å². The highest BCUT2D eigenvalue weighted by Gasteiger charge is 2.40. The molecular formula is C24H19ClN2O3. The Balaban J connectivity index is 1.84. The number of hydrogen-bond acceptors (Lipinski definition) is 4. The number of methoxy groups -OCH3 is 1. The molecule has 2 amide bonds. The van der Waals surface area contributed by atoms with E-state index < -0.39 is 11.8 Å². The van der Waals surface area contributed by atoms with Crippen LogP contribution in [-0.2, 0) is 9.59 Å². The van der Waals surface area contributed by atoms with Crippen LogP contribution in [0.5, 0.6) is 5.75 Å². The molecule has 0 radical (unpaired) electrons. The van der Waals surface area contributed by atoms with Gasteiger partial charge >= 0.3 is 0 Å². The zero-order valence-corrected chi connectivity index (χ0v) is 17.2. The van der Waals surface area contributed by atoms with E-state index in [0.717, 1.165) is 5.56 Å². The van der Waals surface area contributed by atoms with Gasteiger partial charge in [-0.25, -0.2) is 4.90 Å². The second kappa shape index (κ2) is 8.05. The number of imide groups is 1. The van der Waals surface area contributed by atoms with Crippen molar-refractivity contribution in [2.75, 3.05) is 17.3 Å². The molecule has 3 aromatic rings. The Kier molecular flexibility index (Phi) is 5.29. The van der Waals surface area contributed by atoms with Crippen molar-refractivity contribution in [3.63, 3.8) is 0 Å². The van der Waals surface area contributed by atoms with Crippen molar-refractivity contribution < 1.29 is 14.3 Å². The molecule has 0 saturated carbocycles. The molecule has 30 heavy (non-hydrogen) atoms. The molecular weight excluding hydrogens is 400 g/mol. The molecule has 0 unspecified atom stereocenters. The zero-order valence-electron chi connectivity index (χ0n) is 16.5. The quantitative estimate of drug-likeness (QED) is 0.589. The number of nitrogens with one attached hydrogen (secondary N) is 1. The number of ether oxygens (including phenoxy) is 1. The number of carbonyl (C=O) groups excluding carboxylic acids is 2. The molecule has 0 aliphatic carbocycles. The lowest BCUT2D eigenvalue weighted by Crippen LogP contribution is -2.32. The summed E-state index contributed by atoms with van der Waals surface area (Å²) in [5, 5.41) is 3.73. The number of anilines is 2. The van der Waals surface area contributed by atoms with Crippen molar-refractivity contribution in [1.29, 1.82) is 0 Å². The molecule has 0 atom stereocenters. The topological polar surface area (TPSA) is 58.6 Å². The normalized spacial score (nSPS) is 13.8. The van der Waals surface area contributed by atoms with Gasteiger partial charge in [0.2, 0.25) is 0 Å². The third-order valence-corrected chi connectivity index (χ3v) is 5.41. The molecule has 1 N–H and O–H groups in total. The van der Waals surface area contributed by atoms with E-state index in [1.807, 2.05) is 19.1 Å². The van der Waals surface area contributed by atoms with Gasteiger partial charge in [0.15, 0.2) is 0 Å². The summed E-state index contributed by atoms with van der Waals surface area (Å²) in [6.07, 6.45) is 0. The molecule has 0 spiro atoms. The van der Waals surface area contributed by atoms with Crippen LogP contribution in [0.4, 0.5) is 11.4 Å². The van der Waals surface area contributed by atoms with Gasteiger partial charge in [0.1, 0.15) is 11.4 Å². The summed E-state index contributed by atoms with van der Waals surface area (Å²) in [6, 6.07) is 21.3. The third-order valence-electron chi connectivity index (χ3n) is 5.00. The minimum Gasteiger partial charge on any atom is -0.497 e. The largest absolute Gasteiger partial charge is 0.497 e.